The smallest absolute Gasteiger partial charge is 0.311 e. The fourth-order valence-electron chi connectivity index (χ4n) is 6.00. The van der Waals surface area contributed by atoms with Gasteiger partial charge in [-0.25, -0.2) is 0 Å². The maximum atomic E-state index is 12.9. The first-order valence-corrected chi connectivity index (χ1v) is 12.3. The number of benzene rings is 2. The Kier molecular flexibility index (Phi) is 6.65. The number of aliphatic hydroxyl groups is 1. The number of nitrogens with one attached hydrogen (secondary N) is 1. The predicted octanol–water partition coefficient (Wildman–Crippen LogP) is 4.19. The van der Waals surface area contributed by atoms with Gasteiger partial charge in [0.25, 0.3) is 0 Å². The number of carbonyl (C=O) groups is 1. The summed E-state index contributed by atoms with van der Waals surface area (Å²) in [5.41, 5.74) is 3.12. The number of methoxy groups -OCH3 is 1. The van der Waals surface area contributed by atoms with E-state index >= 15 is 0 Å². The summed E-state index contributed by atoms with van der Waals surface area (Å²) in [6, 6.07) is 17.9. The molecule has 2 aliphatic rings. The Morgan fingerprint density at radius 3 is 2.69 bits per heavy atom. The molecule has 0 amide bonds. The molecule has 2 heterocycles. The van der Waals surface area contributed by atoms with Crippen molar-refractivity contribution in [1.29, 1.82) is 5.26 Å². The van der Waals surface area contributed by atoms with Crippen LogP contribution in [0.3, 0.4) is 0 Å². The van der Waals surface area contributed by atoms with Crippen molar-refractivity contribution in [2.75, 3.05) is 20.2 Å². The molecule has 1 unspecified atom stereocenters. The van der Waals surface area contributed by atoms with Gasteiger partial charge in [0.05, 0.1) is 24.8 Å². The Morgan fingerprint density at radius 2 is 1.91 bits per heavy atom. The summed E-state index contributed by atoms with van der Waals surface area (Å²) in [5, 5.41) is 21.9. The van der Waals surface area contributed by atoms with E-state index in [0.29, 0.717) is 32.4 Å². The van der Waals surface area contributed by atoms with Crippen molar-refractivity contribution in [2.45, 2.75) is 37.9 Å². The first kappa shape index (κ1) is 23.3. The van der Waals surface area contributed by atoms with Crippen LogP contribution in [0, 0.1) is 29.2 Å². The highest BCUT2D eigenvalue weighted by atomic mass is 16.5. The third-order valence-corrected chi connectivity index (χ3v) is 7.69. The van der Waals surface area contributed by atoms with Gasteiger partial charge in [-0.1, -0.05) is 36.4 Å². The van der Waals surface area contributed by atoms with Crippen molar-refractivity contribution in [2.24, 2.45) is 17.8 Å². The van der Waals surface area contributed by atoms with Gasteiger partial charge in [-0.2, -0.15) is 5.26 Å². The molecule has 0 saturated heterocycles. The maximum absolute atomic E-state index is 12.9. The summed E-state index contributed by atoms with van der Waals surface area (Å²) in [7, 11) is 1.37. The third kappa shape index (κ3) is 4.59. The number of aromatic amines is 1. The van der Waals surface area contributed by atoms with Gasteiger partial charge in [0, 0.05) is 24.0 Å². The van der Waals surface area contributed by atoms with Crippen molar-refractivity contribution in [3.05, 3.63) is 65.9 Å². The highest BCUT2D eigenvalue weighted by molar-refractivity contribution is 5.85. The number of fused-ring (bicyclic) bond motifs is 4. The van der Waals surface area contributed by atoms with Crippen LogP contribution in [0.4, 0.5) is 0 Å². The van der Waals surface area contributed by atoms with Crippen LogP contribution in [-0.2, 0) is 16.0 Å². The lowest BCUT2D eigenvalue weighted by atomic mass is 9.67. The molecule has 1 aliphatic heterocycles. The SMILES string of the molecule is COC(=O)[C@@H]1[C@H]2CC(Oc3ccccc3)c3[nH]c4ccccc4c3CCN(C#N)C[C@@H]2CC[C@@H]1O. The summed E-state index contributed by atoms with van der Waals surface area (Å²) in [6.07, 6.45) is 3.73. The average Bonchev–Trinajstić information content (AvgIpc) is 3.26. The second kappa shape index (κ2) is 10.0. The van der Waals surface area contributed by atoms with E-state index in [2.05, 4.69) is 17.2 Å². The minimum absolute atomic E-state index is 0.0648. The number of ether oxygens (including phenoxy) is 2. The largest absolute Gasteiger partial charge is 0.484 e. The number of esters is 1. The molecule has 2 aromatic carbocycles. The first-order chi connectivity index (χ1) is 17.1. The number of carbonyl (C=O) groups excluding carboxylic acids is 1. The highest BCUT2D eigenvalue weighted by Crippen LogP contribution is 2.44. The van der Waals surface area contributed by atoms with Crippen LogP contribution in [0.2, 0.25) is 0 Å². The molecule has 0 radical (unpaired) electrons. The predicted molar refractivity (Wildman–Crippen MR) is 131 cm³/mol. The van der Waals surface area contributed by atoms with E-state index in [1.165, 1.54) is 7.11 Å². The summed E-state index contributed by atoms with van der Waals surface area (Å²) in [4.78, 5) is 18.3. The second-order valence-corrected chi connectivity index (χ2v) is 9.63. The van der Waals surface area contributed by atoms with Crippen LogP contribution in [0.5, 0.6) is 5.75 Å². The van der Waals surface area contributed by atoms with Crippen LogP contribution < -0.4 is 4.74 Å². The number of aliphatic hydroxyl groups excluding tert-OH is 1. The summed E-state index contributed by atoms with van der Waals surface area (Å²) in [6.45, 7) is 1.13. The molecule has 2 N–H and O–H groups in total. The van der Waals surface area contributed by atoms with Gasteiger partial charge in [0.2, 0.25) is 0 Å². The van der Waals surface area contributed by atoms with E-state index < -0.39 is 18.0 Å². The van der Waals surface area contributed by atoms with E-state index in [9.17, 15) is 15.2 Å². The van der Waals surface area contributed by atoms with Gasteiger partial charge >= 0.3 is 5.97 Å². The minimum Gasteiger partial charge on any atom is -0.484 e. The lowest BCUT2D eigenvalue weighted by molar-refractivity contribution is -0.157. The Labute approximate surface area is 205 Å². The fraction of sp³-hybridized carbons (Fsp3) is 0.429. The molecule has 1 aliphatic carbocycles. The molecule has 7 heteroatoms. The molecular weight excluding hydrogens is 442 g/mol. The molecule has 0 bridgehead atoms. The summed E-state index contributed by atoms with van der Waals surface area (Å²) < 4.78 is 11.7. The van der Waals surface area contributed by atoms with Crippen molar-refractivity contribution >= 4 is 16.9 Å². The molecule has 182 valence electrons. The standard InChI is InChI=1S/C28H31N3O4/c1-34-28(33)26-22-15-25(35-19-7-3-2-4-8-19)27-21(20-9-5-6-10-23(20)30-27)13-14-31(17-29)16-18(22)11-12-24(26)32/h2-10,18,22,24-26,30,32H,11-16H2,1H3/t18-,22-,24-,25?,26+/m0/s1. The normalized spacial score (nSPS) is 26.8. The molecule has 3 aromatic rings. The van der Waals surface area contributed by atoms with E-state index in [1.54, 1.807) is 4.90 Å². The number of hydrogen-bond donors (Lipinski definition) is 2. The number of H-pyrrole nitrogens is 1. The maximum Gasteiger partial charge on any atom is 0.311 e. The van der Waals surface area contributed by atoms with E-state index in [0.717, 1.165) is 34.3 Å². The zero-order valence-electron chi connectivity index (χ0n) is 19.9. The Bertz CT molecular complexity index is 1220. The van der Waals surface area contributed by atoms with Crippen LogP contribution in [-0.4, -0.2) is 47.3 Å². The zero-order chi connectivity index (χ0) is 24.4. The zero-order valence-corrected chi connectivity index (χ0v) is 19.9. The third-order valence-electron chi connectivity index (χ3n) is 7.69. The summed E-state index contributed by atoms with van der Waals surface area (Å²) in [5.74, 6) is -0.445. The topological polar surface area (TPSA) is 98.6 Å². The molecule has 7 nitrogen and oxygen atoms in total. The van der Waals surface area contributed by atoms with Gasteiger partial charge in [-0.05, 0) is 61.3 Å². The average molecular weight is 474 g/mol. The molecule has 5 atom stereocenters. The number of rotatable bonds is 3. The van der Waals surface area contributed by atoms with E-state index in [1.807, 2.05) is 48.5 Å². The van der Waals surface area contributed by atoms with Crippen molar-refractivity contribution in [1.82, 2.24) is 9.88 Å². The van der Waals surface area contributed by atoms with Gasteiger partial charge in [0.1, 0.15) is 11.9 Å². The number of nitrogens with zero attached hydrogens (tertiary/aromatic N) is 2. The molecule has 35 heavy (non-hydrogen) atoms. The molecule has 1 aromatic heterocycles. The van der Waals surface area contributed by atoms with Crippen molar-refractivity contribution < 1.29 is 19.4 Å². The Balaban J connectivity index is 1.64. The van der Waals surface area contributed by atoms with Crippen LogP contribution in [0.15, 0.2) is 54.6 Å². The molecule has 5 rings (SSSR count). The van der Waals surface area contributed by atoms with Gasteiger partial charge in [-0.3, -0.25) is 4.79 Å². The molecular formula is C28H31N3O4. The first-order valence-electron chi connectivity index (χ1n) is 12.3. The molecule has 0 spiro atoms. The van der Waals surface area contributed by atoms with Gasteiger partial charge < -0.3 is 24.5 Å². The Morgan fingerprint density at radius 1 is 1.14 bits per heavy atom. The highest BCUT2D eigenvalue weighted by Gasteiger charge is 2.46. The van der Waals surface area contributed by atoms with Crippen LogP contribution in [0.25, 0.3) is 10.9 Å². The van der Waals surface area contributed by atoms with Crippen molar-refractivity contribution in [3.8, 4) is 11.9 Å². The van der Waals surface area contributed by atoms with E-state index in [-0.39, 0.29) is 17.9 Å². The molecule has 1 saturated carbocycles. The Hall–Kier alpha value is -3.50. The van der Waals surface area contributed by atoms with Crippen LogP contribution in [0.1, 0.15) is 36.6 Å². The number of aromatic nitrogens is 1. The lowest BCUT2D eigenvalue weighted by Crippen LogP contribution is -2.47. The molecule has 1 fully saturated rings. The van der Waals surface area contributed by atoms with Crippen LogP contribution >= 0.6 is 0 Å². The second-order valence-electron chi connectivity index (χ2n) is 9.63. The monoisotopic (exact) mass is 473 g/mol. The van der Waals surface area contributed by atoms with Crippen molar-refractivity contribution in [3.63, 3.8) is 0 Å². The van der Waals surface area contributed by atoms with Gasteiger partial charge in [0.15, 0.2) is 6.19 Å². The number of hydrogen-bond acceptors (Lipinski definition) is 6. The number of nitriles is 1. The minimum atomic E-state index is -0.776. The fourth-order valence-corrected chi connectivity index (χ4v) is 6.00. The number of para-hydroxylation sites is 2. The lowest BCUT2D eigenvalue weighted by Gasteiger charge is -2.42. The summed E-state index contributed by atoms with van der Waals surface area (Å²) >= 11 is 0. The van der Waals surface area contributed by atoms with E-state index in [4.69, 9.17) is 9.47 Å². The van der Waals surface area contributed by atoms with Gasteiger partial charge in [-0.15, -0.1) is 0 Å². The quantitative estimate of drug-likeness (QED) is 0.437.